The zero-order valence-electron chi connectivity index (χ0n) is 15.1. The van der Waals surface area contributed by atoms with E-state index in [0.29, 0.717) is 5.92 Å². The summed E-state index contributed by atoms with van der Waals surface area (Å²) in [6.45, 7) is 7.57. The molecule has 0 saturated heterocycles. The molecule has 1 aromatic rings. The summed E-state index contributed by atoms with van der Waals surface area (Å²) >= 11 is 1.81. The topological polar surface area (TPSA) is 9.23 Å². The zero-order valence-corrected chi connectivity index (χ0v) is 15.9. The molecule has 2 aliphatic rings. The van der Waals surface area contributed by atoms with Crippen LogP contribution in [0.15, 0.2) is 35.7 Å². The van der Waals surface area contributed by atoms with Crippen molar-refractivity contribution in [1.82, 2.24) is 0 Å². The van der Waals surface area contributed by atoms with E-state index in [1.54, 1.807) is 0 Å². The van der Waals surface area contributed by atoms with Gasteiger partial charge in [0.25, 0.3) is 0 Å². The fourth-order valence-electron chi connectivity index (χ4n) is 3.25. The molecule has 0 N–H and O–H groups in total. The lowest BCUT2D eigenvalue weighted by Crippen LogP contribution is -1.97. The highest BCUT2D eigenvalue weighted by Gasteiger charge is 2.16. The van der Waals surface area contributed by atoms with Crippen molar-refractivity contribution in [2.75, 3.05) is 6.61 Å². The Balaban J connectivity index is 1.85. The Hall–Kier alpha value is -1.54. The first-order valence-electron chi connectivity index (χ1n) is 9.27. The predicted octanol–water partition coefficient (Wildman–Crippen LogP) is 7.48. The largest absolute Gasteiger partial charge is 0.493 e. The van der Waals surface area contributed by atoms with E-state index in [1.165, 1.54) is 52.5 Å². The van der Waals surface area contributed by atoms with Gasteiger partial charge in [0.15, 0.2) is 0 Å². The SMILES string of the molecule is CCCCCCCOc1ccc(C(C)C)cc2cc3sccc3c1-2. The molecule has 0 spiro atoms. The van der Waals surface area contributed by atoms with Crippen LogP contribution in [0, 0.1) is 0 Å². The van der Waals surface area contributed by atoms with Crippen LogP contribution in [0.1, 0.15) is 64.4 Å². The number of ether oxygens (including phenoxy) is 1. The van der Waals surface area contributed by atoms with Crippen molar-refractivity contribution < 1.29 is 4.74 Å². The number of hydrogen-bond acceptors (Lipinski definition) is 2. The Kier molecular flexibility index (Phi) is 5.78. The Labute approximate surface area is 150 Å². The number of unbranched alkanes of at least 4 members (excludes halogenated alkanes) is 4. The Morgan fingerprint density at radius 2 is 1.83 bits per heavy atom. The summed E-state index contributed by atoms with van der Waals surface area (Å²) < 4.78 is 7.59. The molecule has 0 atom stereocenters. The van der Waals surface area contributed by atoms with Gasteiger partial charge >= 0.3 is 0 Å². The van der Waals surface area contributed by atoms with Crippen molar-refractivity contribution in [1.29, 1.82) is 0 Å². The summed E-state index contributed by atoms with van der Waals surface area (Å²) in [5.74, 6) is 1.57. The highest BCUT2D eigenvalue weighted by atomic mass is 32.1. The molecular formula is C22H28OS. The molecule has 0 fully saturated rings. The molecule has 0 radical (unpaired) electrons. The van der Waals surface area contributed by atoms with Crippen molar-refractivity contribution in [3.8, 4) is 16.9 Å². The van der Waals surface area contributed by atoms with Crippen LogP contribution in [-0.4, -0.2) is 6.61 Å². The molecule has 1 nitrogen and oxygen atoms in total. The zero-order chi connectivity index (χ0) is 16.9. The lowest BCUT2D eigenvalue weighted by Gasteiger charge is -2.08. The smallest absolute Gasteiger partial charge is 0.127 e. The minimum absolute atomic E-state index is 0.524. The van der Waals surface area contributed by atoms with Crippen molar-refractivity contribution in [3.63, 3.8) is 0 Å². The van der Waals surface area contributed by atoms with Gasteiger partial charge in [-0.05, 0) is 47.0 Å². The van der Waals surface area contributed by atoms with Crippen LogP contribution in [0.5, 0.6) is 5.75 Å². The second kappa shape index (κ2) is 8.02. The Morgan fingerprint density at radius 3 is 2.62 bits per heavy atom. The van der Waals surface area contributed by atoms with Gasteiger partial charge in [0.1, 0.15) is 5.75 Å². The Bertz CT molecular complexity index is 756. The average molecular weight is 341 g/mol. The minimum Gasteiger partial charge on any atom is -0.493 e. The third-order valence-corrected chi connectivity index (χ3v) is 5.57. The molecule has 0 aliphatic heterocycles. The van der Waals surface area contributed by atoms with E-state index in [9.17, 15) is 0 Å². The number of hydrogen-bond donors (Lipinski definition) is 0. The summed E-state index contributed by atoms with van der Waals surface area (Å²) in [6.07, 6.45) is 6.35. The molecule has 0 amide bonds. The molecule has 1 heterocycles. The fraction of sp³-hybridized carbons (Fsp3) is 0.455. The third kappa shape index (κ3) is 3.75. The van der Waals surface area contributed by atoms with Crippen molar-refractivity contribution >= 4 is 21.4 Å². The van der Waals surface area contributed by atoms with E-state index in [2.05, 4.69) is 56.5 Å². The molecule has 0 unspecified atom stereocenters. The van der Waals surface area contributed by atoms with Gasteiger partial charge in [-0.1, -0.05) is 58.6 Å². The highest BCUT2D eigenvalue weighted by Crippen LogP contribution is 2.43. The van der Waals surface area contributed by atoms with E-state index in [-0.39, 0.29) is 0 Å². The van der Waals surface area contributed by atoms with Gasteiger partial charge in [0, 0.05) is 15.6 Å². The second-order valence-corrected chi connectivity index (χ2v) is 7.88. The van der Waals surface area contributed by atoms with E-state index in [0.717, 1.165) is 18.8 Å². The number of rotatable bonds is 8. The van der Waals surface area contributed by atoms with Crippen molar-refractivity contribution in [2.45, 2.75) is 58.8 Å². The van der Waals surface area contributed by atoms with Crippen molar-refractivity contribution in [3.05, 3.63) is 41.3 Å². The number of thiophene rings is 1. The second-order valence-electron chi connectivity index (χ2n) is 6.93. The lowest BCUT2D eigenvalue weighted by molar-refractivity contribution is 0.306. The Morgan fingerprint density at radius 1 is 1.00 bits per heavy atom. The number of fused-ring (bicyclic) bond motifs is 3. The van der Waals surface area contributed by atoms with Crippen LogP contribution in [0.3, 0.4) is 0 Å². The standard InChI is InChI=1S/C22H28OS/c1-4-5-6-7-8-12-23-20-10-9-17(16(2)3)14-18-15-21-19(22(18)20)11-13-24-21/h9-11,13-16H,4-8,12H2,1-3H3. The average Bonchev–Trinajstić information content (AvgIpc) is 3.08. The molecule has 128 valence electrons. The maximum absolute atomic E-state index is 6.23. The van der Waals surface area contributed by atoms with Crippen LogP contribution < -0.4 is 4.74 Å². The van der Waals surface area contributed by atoms with Gasteiger partial charge in [0.2, 0.25) is 0 Å². The van der Waals surface area contributed by atoms with Crippen LogP contribution in [0.4, 0.5) is 0 Å². The van der Waals surface area contributed by atoms with Gasteiger partial charge in [-0.25, -0.2) is 0 Å². The summed E-state index contributed by atoms with van der Waals surface area (Å²) in [6, 6.07) is 11.3. The molecule has 2 aliphatic carbocycles. The molecular weight excluding hydrogens is 312 g/mol. The van der Waals surface area contributed by atoms with E-state index >= 15 is 0 Å². The molecule has 3 rings (SSSR count). The summed E-state index contributed by atoms with van der Waals surface area (Å²) in [7, 11) is 0. The third-order valence-electron chi connectivity index (χ3n) is 4.71. The molecule has 0 saturated carbocycles. The highest BCUT2D eigenvalue weighted by molar-refractivity contribution is 7.17. The molecule has 1 aromatic heterocycles. The predicted molar refractivity (Wildman–Crippen MR) is 107 cm³/mol. The first kappa shape index (κ1) is 17.3. The van der Waals surface area contributed by atoms with Gasteiger partial charge in [-0.3, -0.25) is 0 Å². The summed E-state index contributed by atoms with van der Waals surface area (Å²) in [5, 5.41) is 3.51. The van der Waals surface area contributed by atoms with E-state index in [1.807, 2.05) is 11.3 Å². The van der Waals surface area contributed by atoms with Crippen LogP contribution in [0.25, 0.3) is 21.2 Å². The normalized spacial score (nSPS) is 11.7. The fourth-order valence-corrected chi connectivity index (χ4v) is 4.09. The van der Waals surface area contributed by atoms with E-state index in [4.69, 9.17) is 4.74 Å². The van der Waals surface area contributed by atoms with Gasteiger partial charge < -0.3 is 4.74 Å². The van der Waals surface area contributed by atoms with Crippen molar-refractivity contribution in [2.24, 2.45) is 0 Å². The first-order valence-corrected chi connectivity index (χ1v) is 10.2. The van der Waals surface area contributed by atoms with Gasteiger partial charge in [-0.15, -0.1) is 11.3 Å². The maximum Gasteiger partial charge on any atom is 0.127 e. The van der Waals surface area contributed by atoms with Gasteiger partial charge in [0.05, 0.1) is 6.61 Å². The van der Waals surface area contributed by atoms with Crippen LogP contribution in [0.2, 0.25) is 0 Å². The first-order chi connectivity index (χ1) is 11.7. The molecule has 2 heteroatoms. The van der Waals surface area contributed by atoms with Crippen LogP contribution in [-0.2, 0) is 0 Å². The quantitative estimate of drug-likeness (QED) is 0.386. The lowest BCUT2D eigenvalue weighted by atomic mass is 10.0. The maximum atomic E-state index is 6.23. The monoisotopic (exact) mass is 340 g/mol. The summed E-state index contributed by atoms with van der Waals surface area (Å²) in [5.41, 5.74) is 3.97. The van der Waals surface area contributed by atoms with Crippen LogP contribution >= 0.6 is 11.3 Å². The van der Waals surface area contributed by atoms with E-state index < -0.39 is 0 Å². The molecule has 24 heavy (non-hydrogen) atoms. The summed E-state index contributed by atoms with van der Waals surface area (Å²) in [4.78, 5) is 0. The van der Waals surface area contributed by atoms with Gasteiger partial charge in [-0.2, -0.15) is 0 Å². The molecule has 0 aromatic carbocycles. The minimum atomic E-state index is 0.524. The molecule has 0 bridgehead atoms.